The molecular weight excluding hydrogens is 340 g/mol. The topological polar surface area (TPSA) is 59.4 Å². The van der Waals surface area contributed by atoms with Crippen LogP contribution in [0.15, 0.2) is 24.3 Å². The van der Waals surface area contributed by atoms with Crippen LogP contribution < -0.4 is 5.32 Å². The van der Waals surface area contributed by atoms with Crippen molar-refractivity contribution in [2.24, 2.45) is 7.05 Å². The number of hydrogen-bond acceptors (Lipinski definition) is 4. The van der Waals surface area contributed by atoms with Gasteiger partial charge in [-0.15, -0.1) is 0 Å². The van der Waals surface area contributed by atoms with E-state index < -0.39 is 0 Å². The third kappa shape index (κ3) is 4.21. The molecule has 1 aliphatic heterocycles. The molecule has 0 saturated carbocycles. The lowest BCUT2D eigenvalue weighted by atomic mass is 10.1. The molecule has 1 saturated heterocycles. The largest absolute Gasteiger partial charge is 0.379 e. The molecule has 2 aromatic rings. The highest BCUT2D eigenvalue weighted by molar-refractivity contribution is 6.33. The number of amides is 1. The average Bonchev–Trinajstić information content (AvgIpc) is 2.87. The summed E-state index contributed by atoms with van der Waals surface area (Å²) in [4.78, 5) is 14.9. The lowest BCUT2D eigenvalue weighted by Gasteiger charge is -2.27. The Morgan fingerprint density at radius 2 is 1.96 bits per heavy atom. The first-order valence-electron chi connectivity index (χ1n) is 8.40. The number of nitrogens with zero attached hydrogens (tertiary/aromatic N) is 3. The van der Waals surface area contributed by atoms with E-state index in [4.69, 9.17) is 16.3 Å². The summed E-state index contributed by atoms with van der Waals surface area (Å²) in [5.41, 5.74) is 3.40. The number of ether oxygens (including phenoxy) is 1. The van der Waals surface area contributed by atoms with Gasteiger partial charge in [-0.1, -0.05) is 35.9 Å². The van der Waals surface area contributed by atoms with Gasteiger partial charge in [-0.2, -0.15) is 5.10 Å². The van der Waals surface area contributed by atoms with Crippen molar-refractivity contribution in [2.75, 3.05) is 26.3 Å². The number of nitrogens with one attached hydrogen (secondary N) is 1. The SMILES string of the molecule is Cc1nn(C)c(Cl)c1C(=O)NCc1ccccc1CN1CCOCC1. The van der Waals surface area contributed by atoms with E-state index in [1.165, 1.54) is 10.2 Å². The molecule has 25 heavy (non-hydrogen) atoms. The summed E-state index contributed by atoms with van der Waals surface area (Å²) in [6.45, 7) is 6.53. The van der Waals surface area contributed by atoms with Crippen molar-refractivity contribution < 1.29 is 9.53 Å². The number of carbonyl (C=O) groups is 1. The standard InChI is InChI=1S/C18H23ClN4O2/c1-13-16(17(19)22(2)21-13)18(24)20-11-14-5-3-4-6-15(14)12-23-7-9-25-10-8-23/h3-6H,7-12H2,1-2H3,(H,20,24). The second-order valence-corrected chi connectivity index (χ2v) is 6.57. The molecule has 0 radical (unpaired) electrons. The van der Waals surface area contributed by atoms with Crippen LogP contribution in [0.5, 0.6) is 0 Å². The highest BCUT2D eigenvalue weighted by Crippen LogP contribution is 2.19. The van der Waals surface area contributed by atoms with Crippen molar-refractivity contribution in [1.29, 1.82) is 0 Å². The summed E-state index contributed by atoms with van der Waals surface area (Å²) < 4.78 is 6.91. The first-order valence-corrected chi connectivity index (χ1v) is 8.78. The van der Waals surface area contributed by atoms with Gasteiger partial charge in [-0.05, 0) is 18.1 Å². The lowest BCUT2D eigenvalue weighted by molar-refractivity contribution is 0.0340. The molecule has 1 fully saturated rings. The molecule has 0 spiro atoms. The van der Waals surface area contributed by atoms with Gasteiger partial charge in [0.2, 0.25) is 0 Å². The molecule has 1 aliphatic rings. The molecule has 1 aromatic carbocycles. The second kappa shape index (κ2) is 7.99. The summed E-state index contributed by atoms with van der Waals surface area (Å²) >= 11 is 6.17. The van der Waals surface area contributed by atoms with Crippen molar-refractivity contribution in [1.82, 2.24) is 20.0 Å². The number of aromatic nitrogens is 2. The molecule has 1 aromatic heterocycles. The second-order valence-electron chi connectivity index (χ2n) is 6.21. The van der Waals surface area contributed by atoms with Crippen molar-refractivity contribution in [3.05, 3.63) is 51.8 Å². The monoisotopic (exact) mass is 362 g/mol. The van der Waals surface area contributed by atoms with Crippen LogP contribution in [0.25, 0.3) is 0 Å². The van der Waals surface area contributed by atoms with Crippen LogP contribution in [-0.2, 0) is 24.9 Å². The van der Waals surface area contributed by atoms with E-state index in [0.717, 1.165) is 38.4 Å². The molecule has 6 nitrogen and oxygen atoms in total. The summed E-state index contributed by atoms with van der Waals surface area (Å²) in [6.07, 6.45) is 0. The van der Waals surface area contributed by atoms with Gasteiger partial charge in [0.1, 0.15) is 5.15 Å². The van der Waals surface area contributed by atoms with E-state index in [-0.39, 0.29) is 5.91 Å². The third-order valence-corrected chi connectivity index (χ3v) is 4.87. The van der Waals surface area contributed by atoms with Gasteiger partial charge < -0.3 is 10.1 Å². The van der Waals surface area contributed by atoms with Crippen molar-refractivity contribution in [3.63, 3.8) is 0 Å². The number of rotatable bonds is 5. The fraction of sp³-hybridized carbons (Fsp3) is 0.444. The molecule has 0 unspecified atom stereocenters. The van der Waals surface area contributed by atoms with Crippen LogP contribution in [0.1, 0.15) is 27.2 Å². The number of halogens is 1. The van der Waals surface area contributed by atoms with Crippen LogP contribution in [-0.4, -0.2) is 46.9 Å². The van der Waals surface area contributed by atoms with E-state index in [0.29, 0.717) is 23.0 Å². The fourth-order valence-electron chi connectivity index (χ4n) is 3.04. The van der Waals surface area contributed by atoms with Crippen LogP contribution in [0.2, 0.25) is 5.15 Å². The molecule has 3 rings (SSSR count). The summed E-state index contributed by atoms with van der Waals surface area (Å²) in [6, 6.07) is 8.18. The molecule has 7 heteroatoms. The van der Waals surface area contributed by atoms with Crippen LogP contribution >= 0.6 is 11.6 Å². The lowest BCUT2D eigenvalue weighted by Crippen LogP contribution is -2.36. The Morgan fingerprint density at radius 3 is 2.60 bits per heavy atom. The van der Waals surface area contributed by atoms with E-state index in [1.54, 1.807) is 14.0 Å². The maximum Gasteiger partial charge on any atom is 0.256 e. The number of carbonyl (C=O) groups excluding carboxylic acids is 1. The number of morpholine rings is 1. The maximum atomic E-state index is 12.5. The van der Waals surface area contributed by atoms with Gasteiger partial charge in [-0.25, -0.2) is 0 Å². The van der Waals surface area contributed by atoms with Crippen molar-refractivity contribution >= 4 is 17.5 Å². The molecule has 1 N–H and O–H groups in total. The minimum atomic E-state index is -0.197. The van der Waals surface area contributed by atoms with Crippen LogP contribution in [0.3, 0.4) is 0 Å². The highest BCUT2D eigenvalue weighted by Gasteiger charge is 2.19. The highest BCUT2D eigenvalue weighted by atomic mass is 35.5. The minimum Gasteiger partial charge on any atom is -0.379 e. The maximum absolute atomic E-state index is 12.5. The Labute approximate surface area is 152 Å². The zero-order valence-corrected chi connectivity index (χ0v) is 15.3. The van der Waals surface area contributed by atoms with Crippen LogP contribution in [0.4, 0.5) is 0 Å². The zero-order valence-electron chi connectivity index (χ0n) is 14.6. The summed E-state index contributed by atoms with van der Waals surface area (Å²) in [5.74, 6) is -0.197. The average molecular weight is 363 g/mol. The quantitative estimate of drug-likeness (QED) is 0.885. The molecule has 0 aliphatic carbocycles. The van der Waals surface area contributed by atoms with Crippen molar-refractivity contribution in [3.8, 4) is 0 Å². The molecule has 134 valence electrons. The van der Waals surface area contributed by atoms with Gasteiger partial charge in [0.25, 0.3) is 5.91 Å². The molecule has 2 heterocycles. The first-order chi connectivity index (χ1) is 12.1. The number of hydrogen-bond donors (Lipinski definition) is 1. The fourth-order valence-corrected chi connectivity index (χ4v) is 3.30. The summed E-state index contributed by atoms with van der Waals surface area (Å²) in [5, 5.41) is 7.51. The van der Waals surface area contributed by atoms with Gasteiger partial charge >= 0.3 is 0 Å². The Kier molecular flexibility index (Phi) is 5.73. The Hall–Kier alpha value is -1.89. The van der Waals surface area contributed by atoms with Crippen molar-refractivity contribution in [2.45, 2.75) is 20.0 Å². The van der Waals surface area contributed by atoms with Crippen LogP contribution in [0, 0.1) is 6.92 Å². The number of benzene rings is 1. The van der Waals surface area contributed by atoms with E-state index in [1.807, 2.05) is 18.2 Å². The normalized spacial score (nSPS) is 15.3. The molecule has 0 atom stereocenters. The van der Waals surface area contributed by atoms with Gasteiger partial charge in [-0.3, -0.25) is 14.4 Å². The first kappa shape index (κ1) is 17.9. The smallest absolute Gasteiger partial charge is 0.256 e. The van der Waals surface area contributed by atoms with E-state index in [9.17, 15) is 4.79 Å². The van der Waals surface area contributed by atoms with Gasteiger partial charge in [0, 0.05) is 33.2 Å². The predicted molar refractivity (Wildman–Crippen MR) is 96.7 cm³/mol. The Morgan fingerprint density at radius 1 is 1.28 bits per heavy atom. The number of aryl methyl sites for hydroxylation is 2. The predicted octanol–water partition coefficient (Wildman–Crippen LogP) is 2.14. The Balaban J connectivity index is 1.67. The zero-order chi connectivity index (χ0) is 17.8. The molecule has 1 amide bonds. The van der Waals surface area contributed by atoms with E-state index >= 15 is 0 Å². The Bertz CT molecular complexity index is 754. The van der Waals surface area contributed by atoms with Gasteiger partial charge in [0.05, 0.1) is 24.5 Å². The summed E-state index contributed by atoms with van der Waals surface area (Å²) in [7, 11) is 1.73. The van der Waals surface area contributed by atoms with E-state index in [2.05, 4.69) is 21.4 Å². The van der Waals surface area contributed by atoms with Gasteiger partial charge in [0.15, 0.2) is 0 Å². The minimum absolute atomic E-state index is 0.197. The third-order valence-electron chi connectivity index (χ3n) is 4.43. The molecule has 0 bridgehead atoms. The molecular formula is C18H23ClN4O2.